The molecule has 1 heterocycles. The Bertz CT molecular complexity index is 772. The second kappa shape index (κ2) is 12.4. The van der Waals surface area contributed by atoms with Crippen molar-refractivity contribution in [2.45, 2.75) is 19.3 Å². The first kappa shape index (κ1) is 23.9. The maximum absolute atomic E-state index is 12.1. The number of carbonyl (C=O) groups excluding carboxylic acids is 1. The summed E-state index contributed by atoms with van der Waals surface area (Å²) >= 11 is 0. The Morgan fingerprint density at radius 3 is 2.57 bits per heavy atom. The van der Waals surface area contributed by atoms with Gasteiger partial charge in [0.1, 0.15) is 0 Å². The van der Waals surface area contributed by atoms with E-state index in [-0.39, 0.29) is 29.9 Å². The van der Waals surface area contributed by atoms with Crippen molar-refractivity contribution in [3.63, 3.8) is 0 Å². The van der Waals surface area contributed by atoms with Crippen LogP contribution in [0.15, 0.2) is 41.7 Å². The Morgan fingerprint density at radius 2 is 1.93 bits per heavy atom. The molecule has 1 aromatic carbocycles. The lowest BCUT2D eigenvalue weighted by atomic mass is 10.1. The van der Waals surface area contributed by atoms with Crippen molar-refractivity contribution in [1.82, 2.24) is 25.3 Å². The summed E-state index contributed by atoms with van der Waals surface area (Å²) < 4.78 is 1.82. The lowest BCUT2D eigenvalue weighted by Crippen LogP contribution is -2.38. The van der Waals surface area contributed by atoms with E-state index >= 15 is 0 Å². The zero-order valence-electron chi connectivity index (χ0n) is 17.1. The zero-order chi connectivity index (χ0) is 19.6. The minimum absolute atomic E-state index is 0. The van der Waals surface area contributed by atoms with Crippen LogP contribution in [-0.4, -0.2) is 60.8 Å². The molecule has 2 N–H and O–H groups in total. The number of aliphatic imine (C=N–C) groups is 1. The van der Waals surface area contributed by atoms with Gasteiger partial charge >= 0.3 is 0 Å². The second-order valence-corrected chi connectivity index (χ2v) is 6.70. The van der Waals surface area contributed by atoms with E-state index in [4.69, 9.17) is 0 Å². The highest BCUT2D eigenvalue weighted by molar-refractivity contribution is 14.0. The maximum atomic E-state index is 12.1. The van der Waals surface area contributed by atoms with Crippen molar-refractivity contribution in [1.29, 1.82) is 0 Å². The third-order valence-electron chi connectivity index (χ3n) is 4.20. The summed E-state index contributed by atoms with van der Waals surface area (Å²) in [6, 6.07) is 7.77. The smallest absolute Gasteiger partial charge is 0.253 e. The van der Waals surface area contributed by atoms with E-state index in [0.717, 1.165) is 49.4 Å². The topological polar surface area (TPSA) is 74.5 Å². The van der Waals surface area contributed by atoms with Gasteiger partial charge in [0, 0.05) is 53.0 Å². The minimum Gasteiger partial charge on any atom is -0.356 e. The van der Waals surface area contributed by atoms with Crippen molar-refractivity contribution in [3.05, 3.63) is 53.3 Å². The predicted molar refractivity (Wildman–Crippen MR) is 124 cm³/mol. The van der Waals surface area contributed by atoms with E-state index in [9.17, 15) is 4.79 Å². The van der Waals surface area contributed by atoms with Crippen molar-refractivity contribution in [2.24, 2.45) is 12.0 Å². The molecule has 0 aliphatic rings. The molecule has 0 radical (unpaired) electrons. The quantitative estimate of drug-likeness (QED) is 0.253. The van der Waals surface area contributed by atoms with Gasteiger partial charge in [0.05, 0.1) is 6.20 Å². The van der Waals surface area contributed by atoms with Gasteiger partial charge in [-0.2, -0.15) is 5.10 Å². The molecule has 0 aliphatic heterocycles. The van der Waals surface area contributed by atoms with Crippen LogP contribution in [0.25, 0.3) is 0 Å². The van der Waals surface area contributed by atoms with Gasteiger partial charge in [-0.15, -0.1) is 24.0 Å². The zero-order valence-corrected chi connectivity index (χ0v) is 19.4. The van der Waals surface area contributed by atoms with Crippen LogP contribution >= 0.6 is 24.0 Å². The number of aromatic nitrogens is 2. The fraction of sp³-hybridized carbons (Fsp3) is 0.450. The summed E-state index contributed by atoms with van der Waals surface area (Å²) in [6.45, 7) is 1.60. The van der Waals surface area contributed by atoms with E-state index < -0.39 is 0 Å². The van der Waals surface area contributed by atoms with Gasteiger partial charge in [-0.05, 0) is 42.5 Å². The van der Waals surface area contributed by atoms with Gasteiger partial charge < -0.3 is 15.5 Å². The number of nitrogens with one attached hydrogen (secondary N) is 2. The van der Waals surface area contributed by atoms with Gasteiger partial charge in [-0.1, -0.05) is 12.1 Å². The first-order chi connectivity index (χ1) is 13.0. The minimum atomic E-state index is 0. The third kappa shape index (κ3) is 7.87. The molecule has 28 heavy (non-hydrogen) atoms. The number of rotatable bonds is 8. The van der Waals surface area contributed by atoms with Crippen LogP contribution in [0, 0.1) is 0 Å². The molecule has 2 rings (SSSR count). The molecule has 7 nitrogen and oxygen atoms in total. The number of guanidine groups is 1. The Hall–Kier alpha value is -2.10. The van der Waals surface area contributed by atoms with E-state index in [0.29, 0.717) is 0 Å². The summed E-state index contributed by atoms with van der Waals surface area (Å²) in [5, 5.41) is 10.8. The van der Waals surface area contributed by atoms with E-state index in [1.165, 1.54) is 5.56 Å². The summed E-state index contributed by atoms with van der Waals surface area (Å²) in [4.78, 5) is 17.9. The van der Waals surface area contributed by atoms with Crippen LogP contribution in [0.3, 0.4) is 0 Å². The SMILES string of the molecule is CN=C(NCCCc1cnn(C)c1)NCCc1cccc(C(=O)N(C)C)c1.I. The molecule has 0 spiro atoms. The normalized spacial score (nSPS) is 10.9. The third-order valence-corrected chi connectivity index (χ3v) is 4.20. The Balaban J connectivity index is 0.00000392. The fourth-order valence-corrected chi connectivity index (χ4v) is 2.76. The standard InChI is InChI=1S/C20H30N6O.HI/c1-21-20(22-11-6-8-17-14-24-26(4)15-17)23-12-10-16-7-5-9-18(13-16)19(27)25(2)3;/h5,7,9,13-15H,6,8,10-12H2,1-4H3,(H2,21,22,23);1H. The first-order valence-electron chi connectivity index (χ1n) is 9.22. The second-order valence-electron chi connectivity index (χ2n) is 6.70. The molecule has 2 aromatic rings. The number of hydrogen-bond donors (Lipinski definition) is 2. The van der Waals surface area contributed by atoms with Crippen LogP contribution in [0.5, 0.6) is 0 Å². The highest BCUT2D eigenvalue weighted by Crippen LogP contribution is 2.07. The molecule has 0 unspecified atom stereocenters. The molecular weight excluding hydrogens is 467 g/mol. The molecule has 8 heteroatoms. The first-order valence-corrected chi connectivity index (χ1v) is 9.22. The molecule has 0 fully saturated rings. The van der Waals surface area contributed by atoms with Gasteiger partial charge in [-0.3, -0.25) is 14.5 Å². The van der Waals surface area contributed by atoms with Gasteiger partial charge in [0.15, 0.2) is 5.96 Å². The van der Waals surface area contributed by atoms with Gasteiger partial charge in [0.2, 0.25) is 0 Å². The molecule has 0 saturated heterocycles. The van der Waals surface area contributed by atoms with Crippen LogP contribution < -0.4 is 10.6 Å². The lowest BCUT2D eigenvalue weighted by molar-refractivity contribution is 0.0827. The van der Waals surface area contributed by atoms with Crippen molar-refractivity contribution < 1.29 is 4.79 Å². The van der Waals surface area contributed by atoms with Crippen LogP contribution in [0.2, 0.25) is 0 Å². The number of aryl methyl sites for hydroxylation is 2. The average molecular weight is 498 g/mol. The summed E-state index contributed by atoms with van der Waals surface area (Å²) in [6.07, 6.45) is 6.78. The maximum Gasteiger partial charge on any atom is 0.253 e. The number of amides is 1. The highest BCUT2D eigenvalue weighted by atomic mass is 127. The summed E-state index contributed by atoms with van der Waals surface area (Å²) in [5.74, 6) is 0.817. The van der Waals surface area contributed by atoms with Crippen molar-refractivity contribution >= 4 is 35.8 Å². The molecule has 0 atom stereocenters. The van der Waals surface area contributed by atoms with E-state index in [1.807, 2.05) is 48.4 Å². The number of carbonyl (C=O) groups is 1. The predicted octanol–water partition coefficient (Wildman–Crippen LogP) is 2.08. The Morgan fingerprint density at radius 1 is 1.18 bits per heavy atom. The monoisotopic (exact) mass is 498 g/mol. The van der Waals surface area contributed by atoms with Crippen molar-refractivity contribution in [3.8, 4) is 0 Å². The van der Waals surface area contributed by atoms with Gasteiger partial charge in [-0.25, -0.2) is 0 Å². The van der Waals surface area contributed by atoms with Crippen LogP contribution in [0.1, 0.15) is 27.9 Å². The molecule has 0 saturated carbocycles. The number of hydrogen-bond acceptors (Lipinski definition) is 3. The van der Waals surface area contributed by atoms with Crippen LogP contribution in [0.4, 0.5) is 0 Å². The fourth-order valence-electron chi connectivity index (χ4n) is 2.76. The Kier molecular flexibility index (Phi) is 10.6. The van der Waals surface area contributed by atoms with Crippen LogP contribution in [-0.2, 0) is 19.9 Å². The number of benzene rings is 1. The number of nitrogens with zero attached hydrogens (tertiary/aromatic N) is 4. The molecule has 154 valence electrons. The summed E-state index contributed by atoms with van der Waals surface area (Å²) in [5.41, 5.74) is 3.09. The van der Waals surface area contributed by atoms with E-state index in [1.54, 1.807) is 26.0 Å². The highest BCUT2D eigenvalue weighted by Gasteiger charge is 2.08. The largest absolute Gasteiger partial charge is 0.356 e. The molecular formula is C20H31IN6O. The van der Waals surface area contributed by atoms with Crippen molar-refractivity contribution in [2.75, 3.05) is 34.2 Å². The lowest BCUT2D eigenvalue weighted by Gasteiger charge is -2.13. The molecule has 1 amide bonds. The average Bonchev–Trinajstić information content (AvgIpc) is 3.08. The van der Waals surface area contributed by atoms with Gasteiger partial charge in [0.25, 0.3) is 5.91 Å². The molecule has 0 bridgehead atoms. The van der Waals surface area contributed by atoms with E-state index in [2.05, 4.69) is 20.7 Å². The number of halogens is 1. The molecule has 1 aromatic heterocycles. The Labute approximate surface area is 184 Å². The summed E-state index contributed by atoms with van der Waals surface area (Å²) in [7, 11) is 7.23. The molecule has 0 aliphatic carbocycles.